The van der Waals surface area contributed by atoms with E-state index in [0.717, 1.165) is 0 Å². The monoisotopic (exact) mass is 645 g/mol. The number of fused-ring (bicyclic) bond motifs is 2. The summed E-state index contributed by atoms with van der Waals surface area (Å²) in [5, 5.41) is 45.3. The molecule has 0 saturated carbocycles. The number of esters is 1. The number of hydrogen-bond acceptors (Lipinski definition) is 10. The van der Waals surface area contributed by atoms with Crippen molar-refractivity contribution < 1.29 is 49.0 Å². The molecule has 11 heteroatoms. The summed E-state index contributed by atoms with van der Waals surface area (Å²) in [5.74, 6) is -2.32. The van der Waals surface area contributed by atoms with Crippen LogP contribution >= 0.6 is 0 Å². The van der Waals surface area contributed by atoms with Crippen LogP contribution in [-0.4, -0.2) is 57.5 Å². The minimum Gasteiger partial charge on any atom is -0.507 e. The minimum atomic E-state index is -0.916. The Balaban J connectivity index is 1.48. The molecule has 5 N–H and O–H groups in total. The number of cyclic esters (lactones) is 1. The van der Waals surface area contributed by atoms with Crippen LogP contribution in [0, 0.1) is 0 Å². The minimum absolute atomic E-state index is 0.0223. The maximum Gasteiger partial charge on any atom is 0.342 e. The predicted molar refractivity (Wildman–Crippen MR) is 172 cm³/mol. The van der Waals surface area contributed by atoms with Gasteiger partial charge in [0.2, 0.25) is 12.7 Å². The third-order valence-corrected chi connectivity index (χ3v) is 8.36. The number of ketones is 1. The van der Waals surface area contributed by atoms with Crippen molar-refractivity contribution in [3.8, 4) is 34.5 Å². The van der Waals surface area contributed by atoms with Crippen molar-refractivity contribution >= 4 is 23.7 Å². The second kappa shape index (κ2) is 14.9. The molecule has 2 aliphatic heterocycles. The molecule has 0 fully saturated rings. The SMILES string of the molecule is C[C@H]1CCCC(=O)CCCC=Cc2cc(O)c(C(CC(=O)NCCc3ccc(O)c(O)c3)c3ccc4c(c3)OCO4)c(O)c2C(=O)O1. The number of hydrogen-bond donors (Lipinski definition) is 5. The fraction of sp³-hybridized carbons (Fsp3) is 0.361. The molecule has 0 aromatic heterocycles. The third kappa shape index (κ3) is 8.16. The van der Waals surface area contributed by atoms with E-state index < -0.39 is 29.6 Å². The number of nitrogens with one attached hydrogen (secondary N) is 1. The number of amides is 1. The highest BCUT2D eigenvalue weighted by atomic mass is 16.7. The van der Waals surface area contributed by atoms with Crippen molar-refractivity contribution in [1.82, 2.24) is 5.32 Å². The summed E-state index contributed by atoms with van der Waals surface area (Å²) in [6.45, 7) is 1.96. The van der Waals surface area contributed by atoms with Crippen LogP contribution < -0.4 is 14.8 Å². The Labute approximate surface area is 272 Å². The molecule has 11 nitrogen and oxygen atoms in total. The molecular weight excluding hydrogens is 606 g/mol. The first-order valence-corrected chi connectivity index (χ1v) is 15.8. The number of carbonyl (C=O) groups excluding carboxylic acids is 3. The molecule has 0 bridgehead atoms. The lowest BCUT2D eigenvalue weighted by molar-refractivity contribution is -0.121. The Morgan fingerprint density at radius 1 is 0.936 bits per heavy atom. The van der Waals surface area contributed by atoms with E-state index in [-0.39, 0.29) is 59.5 Å². The van der Waals surface area contributed by atoms with Crippen molar-refractivity contribution in [3.63, 3.8) is 0 Å². The van der Waals surface area contributed by atoms with Crippen LogP contribution in [0.1, 0.15) is 90.4 Å². The van der Waals surface area contributed by atoms with E-state index in [4.69, 9.17) is 14.2 Å². The van der Waals surface area contributed by atoms with E-state index in [0.29, 0.717) is 67.6 Å². The molecule has 1 unspecified atom stereocenters. The molecule has 0 saturated heterocycles. The molecule has 5 rings (SSSR count). The Bertz CT molecular complexity index is 1680. The number of Topliss-reactive ketones (excluding diaryl/α,β-unsaturated/α-hetero) is 1. The standard InChI is InChI=1S/C36H39NO10/c1-21-6-5-9-25(38)8-4-2-3-7-24-17-29(41)34(35(43)33(24)36(44)47-21)26(23-11-13-30-31(18-23)46-20-45-30)19-32(42)37-15-14-22-10-12-27(39)28(40)16-22/h3,7,10-13,16-18,21,26,39-41,43H,2,4-6,8-9,14-15,19-20H2,1H3,(H,37,42)/t21-,26?/m0/s1. The van der Waals surface area contributed by atoms with Gasteiger partial charge in [0.15, 0.2) is 23.0 Å². The topological polar surface area (TPSA) is 172 Å². The van der Waals surface area contributed by atoms with E-state index in [2.05, 4.69) is 5.32 Å². The quantitative estimate of drug-likeness (QED) is 0.161. The van der Waals surface area contributed by atoms with Crippen LogP contribution in [-0.2, 0) is 20.7 Å². The Morgan fingerprint density at radius 3 is 2.53 bits per heavy atom. The molecule has 2 aliphatic rings. The maximum absolute atomic E-state index is 13.6. The van der Waals surface area contributed by atoms with Gasteiger partial charge >= 0.3 is 5.97 Å². The van der Waals surface area contributed by atoms with Crippen molar-refractivity contribution in [3.05, 3.63) is 76.4 Å². The van der Waals surface area contributed by atoms with Crippen LogP contribution in [0.2, 0.25) is 0 Å². The number of rotatable bonds is 7. The lowest BCUT2D eigenvalue weighted by Crippen LogP contribution is -2.27. The van der Waals surface area contributed by atoms with Crippen molar-refractivity contribution in [2.45, 2.75) is 70.3 Å². The molecule has 47 heavy (non-hydrogen) atoms. The summed E-state index contributed by atoms with van der Waals surface area (Å²) in [6.07, 6.45) is 6.10. The number of carbonyl (C=O) groups is 3. The highest BCUT2D eigenvalue weighted by Gasteiger charge is 2.32. The average molecular weight is 646 g/mol. The zero-order valence-corrected chi connectivity index (χ0v) is 26.2. The molecule has 0 aliphatic carbocycles. The molecule has 248 valence electrons. The number of phenols is 4. The summed E-state index contributed by atoms with van der Waals surface area (Å²) >= 11 is 0. The van der Waals surface area contributed by atoms with Gasteiger partial charge in [-0.05, 0) is 86.1 Å². The molecule has 1 amide bonds. The number of allylic oxidation sites excluding steroid dienone is 1. The molecule has 0 radical (unpaired) electrons. The highest BCUT2D eigenvalue weighted by Crippen LogP contribution is 2.46. The van der Waals surface area contributed by atoms with Crippen LogP contribution in [0.25, 0.3) is 6.08 Å². The van der Waals surface area contributed by atoms with Crippen LogP contribution in [0.4, 0.5) is 0 Å². The van der Waals surface area contributed by atoms with Gasteiger partial charge in [0, 0.05) is 37.3 Å². The van der Waals surface area contributed by atoms with Gasteiger partial charge in [-0.2, -0.15) is 0 Å². The zero-order valence-electron chi connectivity index (χ0n) is 26.2. The fourth-order valence-electron chi connectivity index (χ4n) is 5.86. The fourth-order valence-corrected chi connectivity index (χ4v) is 5.86. The third-order valence-electron chi connectivity index (χ3n) is 8.36. The van der Waals surface area contributed by atoms with Crippen LogP contribution in [0.5, 0.6) is 34.5 Å². The molecule has 3 aromatic carbocycles. The van der Waals surface area contributed by atoms with Gasteiger partial charge in [-0.15, -0.1) is 0 Å². The van der Waals surface area contributed by atoms with E-state index in [1.165, 1.54) is 18.2 Å². The predicted octanol–water partition coefficient (Wildman–Crippen LogP) is 5.60. The first-order chi connectivity index (χ1) is 22.6. The van der Waals surface area contributed by atoms with Gasteiger partial charge in [0.25, 0.3) is 0 Å². The molecular formula is C36H39NO10. The second-order valence-electron chi connectivity index (χ2n) is 11.9. The van der Waals surface area contributed by atoms with Gasteiger partial charge in [-0.25, -0.2) is 4.79 Å². The van der Waals surface area contributed by atoms with Crippen molar-refractivity contribution in [2.75, 3.05) is 13.3 Å². The van der Waals surface area contributed by atoms with E-state index in [1.54, 1.807) is 43.3 Å². The zero-order chi connectivity index (χ0) is 33.5. The summed E-state index contributed by atoms with van der Waals surface area (Å²) in [6, 6.07) is 10.8. The van der Waals surface area contributed by atoms with Gasteiger partial charge in [-0.3, -0.25) is 9.59 Å². The molecule has 0 spiro atoms. The highest BCUT2D eigenvalue weighted by molar-refractivity contribution is 5.98. The second-order valence-corrected chi connectivity index (χ2v) is 11.9. The average Bonchev–Trinajstić information content (AvgIpc) is 3.49. The van der Waals surface area contributed by atoms with Crippen molar-refractivity contribution in [2.24, 2.45) is 0 Å². The number of benzene rings is 3. The van der Waals surface area contributed by atoms with Gasteiger partial charge in [-0.1, -0.05) is 24.3 Å². The summed E-state index contributed by atoms with van der Waals surface area (Å²) in [5.41, 5.74) is 1.32. The molecule has 2 heterocycles. The lowest BCUT2D eigenvalue weighted by atomic mass is 9.84. The Morgan fingerprint density at radius 2 is 1.72 bits per heavy atom. The normalized spacial score (nSPS) is 17.3. The van der Waals surface area contributed by atoms with Gasteiger partial charge < -0.3 is 40.0 Å². The van der Waals surface area contributed by atoms with Crippen LogP contribution in [0.3, 0.4) is 0 Å². The first kappa shape index (κ1) is 33.2. The number of ether oxygens (including phenoxy) is 3. The summed E-state index contributed by atoms with van der Waals surface area (Å²) in [7, 11) is 0. The van der Waals surface area contributed by atoms with E-state index in [9.17, 15) is 34.8 Å². The maximum atomic E-state index is 13.6. The van der Waals surface area contributed by atoms with Gasteiger partial charge in [0.05, 0.1) is 6.10 Å². The van der Waals surface area contributed by atoms with E-state index >= 15 is 0 Å². The van der Waals surface area contributed by atoms with Gasteiger partial charge in [0.1, 0.15) is 22.8 Å². The Hall–Kier alpha value is -5.19. The van der Waals surface area contributed by atoms with E-state index in [1.807, 2.05) is 0 Å². The summed E-state index contributed by atoms with van der Waals surface area (Å²) in [4.78, 5) is 39.1. The molecule has 3 aromatic rings. The van der Waals surface area contributed by atoms with Crippen molar-refractivity contribution in [1.29, 1.82) is 0 Å². The summed E-state index contributed by atoms with van der Waals surface area (Å²) < 4.78 is 16.7. The van der Waals surface area contributed by atoms with Crippen LogP contribution in [0.15, 0.2) is 48.5 Å². The Kier molecular flexibility index (Phi) is 10.5. The molecule has 2 atom stereocenters. The first-order valence-electron chi connectivity index (χ1n) is 15.8. The largest absolute Gasteiger partial charge is 0.507 e. The number of aromatic hydroxyl groups is 4. The number of phenolic OH excluding ortho intramolecular Hbond substituents is 4. The smallest absolute Gasteiger partial charge is 0.342 e. The lowest BCUT2D eigenvalue weighted by Gasteiger charge is -2.23.